The third-order valence-electron chi connectivity index (χ3n) is 5.96. The lowest BCUT2D eigenvalue weighted by Crippen LogP contribution is -2.23. The summed E-state index contributed by atoms with van der Waals surface area (Å²) in [7, 11) is 4.17. The van der Waals surface area contributed by atoms with E-state index in [4.69, 9.17) is 23.8 Å². The number of rotatable bonds is 10. The number of methoxy groups -OCH3 is 1. The van der Waals surface area contributed by atoms with Crippen LogP contribution < -0.4 is 0 Å². The maximum atomic E-state index is 12.4. The van der Waals surface area contributed by atoms with Crippen LogP contribution >= 0.6 is 0 Å². The fraction of sp³-hybridized carbons (Fsp3) is 0.370. The number of aryl methyl sites for hydroxylation is 1. The highest BCUT2D eigenvalue weighted by Gasteiger charge is 2.26. The number of carbonyl (C=O) groups is 1. The lowest BCUT2D eigenvalue weighted by Gasteiger charge is -2.22. The van der Waals surface area contributed by atoms with Crippen LogP contribution in [0.2, 0.25) is 0 Å². The highest BCUT2D eigenvalue weighted by molar-refractivity contribution is 6.47. The van der Waals surface area contributed by atoms with Gasteiger partial charge in [0, 0.05) is 17.2 Å². The summed E-state index contributed by atoms with van der Waals surface area (Å²) in [6.45, 7) is 7.89. The fourth-order valence-electron chi connectivity index (χ4n) is 3.87. The number of ether oxygens (including phenoxy) is 1. The molecule has 0 amide bonds. The van der Waals surface area contributed by atoms with Crippen LogP contribution in [0.15, 0.2) is 72.6 Å². The van der Waals surface area contributed by atoms with Crippen molar-refractivity contribution < 1.29 is 28.6 Å². The molecule has 0 unspecified atom stereocenters. The highest BCUT2D eigenvalue weighted by Crippen LogP contribution is 2.31. The molecule has 0 atom stereocenters. The quantitative estimate of drug-likeness (QED) is 0.192. The molecule has 0 radical (unpaired) electrons. The third kappa shape index (κ3) is 6.72. The first-order chi connectivity index (χ1) is 17.8. The minimum Gasteiger partial charge on any atom is -0.464 e. The van der Waals surface area contributed by atoms with Crippen molar-refractivity contribution >= 4 is 23.1 Å². The number of aromatic nitrogens is 1. The molecule has 196 valence electrons. The lowest BCUT2D eigenvalue weighted by atomic mass is 9.85. The van der Waals surface area contributed by atoms with Gasteiger partial charge in [-0.3, -0.25) is 0 Å². The summed E-state index contributed by atoms with van der Waals surface area (Å²) in [4.78, 5) is 28.1. The van der Waals surface area contributed by atoms with E-state index in [0.717, 1.165) is 28.0 Å². The summed E-state index contributed by atoms with van der Waals surface area (Å²) in [5, 5.41) is 16.3. The molecule has 0 saturated heterocycles. The topological polar surface area (TPSA) is 117 Å². The van der Waals surface area contributed by atoms with Gasteiger partial charge in [0.1, 0.15) is 32.2 Å². The zero-order valence-electron chi connectivity index (χ0n) is 22.2. The number of esters is 1. The van der Waals surface area contributed by atoms with Gasteiger partial charge >= 0.3 is 5.97 Å². The molecule has 0 spiro atoms. The van der Waals surface area contributed by atoms with Crippen molar-refractivity contribution in [3.63, 3.8) is 0 Å². The van der Waals surface area contributed by atoms with Gasteiger partial charge in [0.15, 0.2) is 11.5 Å². The largest absolute Gasteiger partial charge is 0.464 e. The SMILES string of the molecule is CO/N=C(/C(=O)OC)C1=C(CO/N=C(C)/C(=N/OC)c2ccc(-c3cc(C)no3)cc2)CC(C)=C(C)C1. The maximum Gasteiger partial charge on any atom is 0.360 e. The van der Waals surface area contributed by atoms with Gasteiger partial charge in [0.25, 0.3) is 0 Å². The summed E-state index contributed by atoms with van der Waals surface area (Å²) in [6.07, 6.45) is 1.16. The monoisotopic (exact) mass is 508 g/mol. The molecular weight excluding hydrogens is 476 g/mol. The molecule has 3 rings (SSSR count). The van der Waals surface area contributed by atoms with E-state index in [0.29, 0.717) is 35.6 Å². The first kappa shape index (κ1) is 27.4. The average Bonchev–Trinajstić information content (AvgIpc) is 3.33. The molecule has 1 aliphatic rings. The molecule has 0 N–H and O–H groups in total. The van der Waals surface area contributed by atoms with Crippen molar-refractivity contribution in [1.29, 1.82) is 0 Å². The van der Waals surface area contributed by atoms with Gasteiger partial charge in [-0.15, -0.1) is 0 Å². The van der Waals surface area contributed by atoms with Gasteiger partial charge in [-0.25, -0.2) is 4.79 Å². The normalized spacial score (nSPS) is 15.2. The predicted octanol–water partition coefficient (Wildman–Crippen LogP) is 5.00. The van der Waals surface area contributed by atoms with E-state index in [1.807, 2.05) is 44.2 Å². The molecule has 10 nitrogen and oxygen atoms in total. The van der Waals surface area contributed by atoms with Crippen LogP contribution in [0.4, 0.5) is 0 Å². The van der Waals surface area contributed by atoms with E-state index >= 15 is 0 Å². The van der Waals surface area contributed by atoms with Crippen LogP contribution in [0.3, 0.4) is 0 Å². The minimum atomic E-state index is -0.570. The summed E-state index contributed by atoms with van der Waals surface area (Å²) in [5.41, 5.74) is 7.60. The maximum absolute atomic E-state index is 12.4. The van der Waals surface area contributed by atoms with Gasteiger partial charge in [-0.2, -0.15) is 0 Å². The number of hydrogen-bond donors (Lipinski definition) is 0. The predicted molar refractivity (Wildman–Crippen MR) is 140 cm³/mol. The number of carbonyl (C=O) groups excluding carboxylic acids is 1. The van der Waals surface area contributed by atoms with Crippen LogP contribution in [0.25, 0.3) is 11.3 Å². The first-order valence-corrected chi connectivity index (χ1v) is 11.7. The van der Waals surface area contributed by atoms with E-state index in [-0.39, 0.29) is 12.3 Å². The van der Waals surface area contributed by atoms with Crippen LogP contribution in [-0.2, 0) is 24.0 Å². The number of hydrogen-bond acceptors (Lipinski definition) is 10. The summed E-state index contributed by atoms with van der Waals surface area (Å²) in [6, 6.07) is 9.48. The smallest absolute Gasteiger partial charge is 0.360 e. The Hall–Kier alpha value is -4.21. The summed E-state index contributed by atoms with van der Waals surface area (Å²) in [5.74, 6) is 0.113. The van der Waals surface area contributed by atoms with E-state index in [2.05, 4.69) is 27.5 Å². The van der Waals surface area contributed by atoms with Crippen LogP contribution in [0.1, 0.15) is 44.9 Å². The van der Waals surface area contributed by atoms with Gasteiger partial charge in [-0.1, -0.05) is 56.0 Å². The van der Waals surface area contributed by atoms with Crippen molar-refractivity contribution in [3.8, 4) is 11.3 Å². The fourth-order valence-corrected chi connectivity index (χ4v) is 3.87. The molecular formula is C27H32N4O6. The molecule has 0 saturated carbocycles. The van der Waals surface area contributed by atoms with Gasteiger partial charge < -0.3 is 23.8 Å². The van der Waals surface area contributed by atoms with Crippen LogP contribution in [0, 0.1) is 6.92 Å². The van der Waals surface area contributed by atoms with E-state index < -0.39 is 5.97 Å². The second kappa shape index (κ2) is 12.7. The molecule has 0 aliphatic heterocycles. The van der Waals surface area contributed by atoms with Crippen molar-refractivity contribution in [3.05, 3.63) is 63.9 Å². The van der Waals surface area contributed by atoms with Crippen molar-refractivity contribution in [2.75, 3.05) is 27.9 Å². The van der Waals surface area contributed by atoms with Gasteiger partial charge in [0.2, 0.25) is 0 Å². The van der Waals surface area contributed by atoms with Crippen LogP contribution in [-0.4, -0.2) is 56.2 Å². The molecule has 1 aliphatic carbocycles. The summed E-state index contributed by atoms with van der Waals surface area (Å²) < 4.78 is 10.2. The Morgan fingerprint density at radius 3 is 2.19 bits per heavy atom. The molecule has 1 aromatic heterocycles. The van der Waals surface area contributed by atoms with E-state index in [1.54, 1.807) is 6.92 Å². The first-order valence-electron chi connectivity index (χ1n) is 11.7. The Balaban J connectivity index is 1.82. The Bertz CT molecular complexity index is 1280. The number of nitrogens with zero attached hydrogens (tertiary/aromatic N) is 4. The molecule has 1 aromatic carbocycles. The molecule has 37 heavy (non-hydrogen) atoms. The zero-order chi connectivity index (χ0) is 26.9. The van der Waals surface area contributed by atoms with Gasteiger partial charge in [0.05, 0.1) is 12.8 Å². The standard InChI is InChI=1S/C27H32N4O6/c1-16-12-22(23(13-17(16)2)26(31-35-7)27(32)33-5)15-36-29-19(4)25(30-34-6)21-10-8-20(9-11-21)24-14-18(3)28-37-24/h8-11,14H,12-13,15H2,1-7H3/b29-19+,30-25-,31-26+. The number of benzene rings is 1. The Morgan fingerprint density at radius 1 is 0.946 bits per heavy atom. The second-order valence-corrected chi connectivity index (χ2v) is 8.59. The van der Waals surface area contributed by atoms with Crippen molar-refractivity contribution in [2.45, 2.75) is 40.5 Å². The molecule has 0 bridgehead atoms. The Labute approximate surface area is 216 Å². The Morgan fingerprint density at radius 2 is 1.59 bits per heavy atom. The average molecular weight is 509 g/mol. The number of oxime groups is 3. The van der Waals surface area contributed by atoms with E-state index in [1.165, 1.54) is 26.9 Å². The Kier molecular flexibility index (Phi) is 9.37. The molecule has 2 aromatic rings. The minimum absolute atomic E-state index is 0.125. The van der Waals surface area contributed by atoms with Crippen molar-refractivity contribution in [2.24, 2.45) is 15.5 Å². The van der Waals surface area contributed by atoms with Gasteiger partial charge in [-0.05, 0) is 51.7 Å². The third-order valence-corrected chi connectivity index (χ3v) is 5.96. The lowest BCUT2D eigenvalue weighted by molar-refractivity contribution is -0.132. The van der Waals surface area contributed by atoms with Crippen LogP contribution in [0.5, 0.6) is 0 Å². The molecule has 1 heterocycles. The summed E-state index contributed by atoms with van der Waals surface area (Å²) >= 11 is 0. The second-order valence-electron chi connectivity index (χ2n) is 8.59. The highest BCUT2D eigenvalue weighted by atomic mass is 16.6. The molecule has 0 fully saturated rings. The van der Waals surface area contributed by atoms with Crippen molar-refractivity contribution in [1.82, 2.24) is 5.16 Å². The number of allylic oxidation sites excluding steroid dienone is 2. The van der Waals surface area contributed by atoms with E-state index in [9.17, 15) is 4.79 Å². The zero-order valence-corrected chi connectivity index (χ0v) is 22.2. The molecule has 10 heteroatoms.